The predicted octanol–water partition coefficient (Wildman–Crippen LogP) is 2.22. The molecular formula is C14H20ClN3O4S. The summed E-state index contributed by atoms with van der Waals surface area (Å²) in [5, 5.41) is 13.9. The second kappa shape index (κ2) is 6.72. The maximum Gasteiger partial charge on any atom is 0.289 e. The molecule has 2 rings (SSSR count). The third-order valence-corrected chi connectivity index (χ3v) is 6.08. The number of nitro benzene ring substituents is 1. The fourth-order valence-corrected chi connectivity index (χ4v) is 4.46. The van der Waals surface area contributed by atoms with Crippen LogP contribution >= 0.6 is 11.6 Å². The van der Waals surface area contributed by atoms with Gasteiger partial charge in [0.1, 0.15) is 9.92 Å². The largest absolute Gasteiger partial charge is 0.317 e. The average molecular weight is 362 g/mol. The van der Waals surface area contributed by atoms with Crippen LogP contribution in [0, 0.1) is 22.5 Å². The molecule has 2 N–H and O–H groups in total. The van der Waals surface area contributed by atoms with Gasteiger partial charge in [0.2, 0.25) is 10.0 Å². The Kier molecular flexibility index (Phi) is 5.30. The molecule has 1 saturated heterocycles. The minimum absolute atomic E-state index is 0.138. The van der Waals surface area contributed by atoms with E-state index < -0.39 is 20.6 Å². The lowest BCUT2D eigenvalue weighted by Gasteiger charge is -2.34. The SMILES string of the molecule is Cc1cc([N+](=O)[O-])c(Cl)c(S(=O)(=O)NCC2(C)CCNCC2)c1. The minimum atomic E-state index is -3.91. The second-order valence-corrected chi connectivity index (χ2v) is 8.35. The number of hydrogen-bond donors (Lipinski definition) is 2. The van der Waals surface area contributed by atoms with Gasteiger partial charge in [0, 0.05) is 12.6 Å². The molecule has 1 aliphatic rings. The van der Waals surface area contributed by atoms with Crippen molar-refractivity contribution in [2.45, 2.75) is 31.6 Å². The van der Waals surface area contributed by atoms with Gasteiger partial charge < -0.3 is 5.32 Å². The van der Waals surface area contributed by atoms with Crippen molar-refractivity contribution in [2.24, 2.45) is 5.41 Å². The first-order valence-corrected chi connectivity index (χ1v) is 9.16. The summed E-state index contributed by atoms with van der Waals surface area (Å²) in [6.07, 6.45) is 1.72. The Morgan fingerprint density at radius 3 is 2.57 bits per heavy atom. The lowest BCUT2D eigenvalue weighted by Crippen LogP contribution is -2.42. The Balaban J connectivity index is 2.27. The van der Waals surface area contributed by atoms with E-state index in [0.29, 0.717) is 5.56 Å². The normalized spacial score (nSPS) is 17.9. The van der Waals surface area contributed by atoms with Crippen LogP contribution in [0.5, 0.6) is 0 Å². The summed E-state index contributed by atoms with van der Waals surface area (Å²) in [6.45, 7) is 5.58. The molecule has 0 aliphatic carbocycles. The summed E-state index contributed by atoms with van der Waals surface area (Å²) >= 11 is 5.95. The Morgan fingerprint density at radius 2 is 2.00 bits per heavy atom. The lowest BCUT2D eigenvalue weighted by atomic mass is 9.81. The number of aryl methyl sites for hydroxylation is 1. The van der Waals surface area contributed by atoms with Gasteiger partial charge in [-0.3, -0.25) is 10.1 Å². The predicted molar refractivity (Wildman–Crippen MR) is 88.2 cm³/mol. The van der Waals surface area contributed by atoms with E-state index in [0.717, 1.165) is 25.9 Å². The number of nitrogens with zero attached hydrogens (tertiary/aromatic N) is 1. The van der Waals surface area contributed by atoms with Crippen LogP contribution in [-0.4, -0.2) is 33.0 Å². The minimum Gasteiger partial charge on any atom is -0.317 e. The van der Waals surface area contributed by atoms with E-state index in [4.69, 9.17) is 11.6 Å². The molecule has 23 heavy (non-hydrogen) atoms. The molecule has 1 aromatic carbocycles. The Bertz CT molecular complexity index is 715. The van der Waals surface area contributed by atoms with E-state index in [1.165, 1.54) is 12.1 Å². The number of sulfonamides is 1. The highest BCUT2D eigenvalue weighted by molar-refractivity contribution is 7.89. The Morgan fingerprint density at radius 1 is 1.39 bits per heavy atom. The van der Waals surface area contributed by atoms with Crippen LogP contribution in [0.3, 0.4) is 0 Å². The number of piperidine rings is 1. The zero-order valence-electron chi connectivity index (χ0n) is 13.1. The van der Waals surface area contributed by atoms with Crippen LogP contribution in [0.25, 0.3) is 0 Å². The highest BCUT2D eigenvalue weighted by Gasteiger charge is 2.31. The summed E-state index contributed by atoms with van der Waals surface area (Å²) in [7, 11) is -3.91. The third-order valence-electron chi connectivity index (χ3n) is 4.15. The van der Waals surface area contributed by atoms with Crippen molar-refractivity contribution >= 4 is 27.3 Å². The number of nitrogens with one attached hydrogen (secondary N) is 2. The van der Waals surface area contributed by atoms with Gasteiger partial charge in [0.15, 0.2) is 0 Å². The topological polar surface area (TPSA) is 101 Å². The number of rotatable bonds is 5. The zero-order chi connectivity index (χ0) is 17.3. The number of nitro groups is 1. The van der Waals surface area contributed by atoms with E-state index in [9.17, 15) is 18.5 Å². The highest BCUT2D eigenvalue weighted by atomic mass is 35.5. The van der Waals surface area contributed by atoms with Crippen molar-refractivity contribution < 1.29 is 13.3 Å². The number of hydrogen-bond acceptors (Lipinski definition) is 5. The lowest BCUT2D eigenvalue weighted by molar-refractivity contribution is -0.385. The first kappa shape index (κ1) is 18.1. The molecule has 0 spiro atoms. The van der Waals surface area contributed by atoms with Gasteiger partial charge in [-0.2, -0.15) is 0 Å². The monoisotopic (exact) mass is 361 g/mol. The average Bonchev–Trinajstić information content (AvgIpc) is 2.48. The molecule has 0 bridgehead atoms. The molecule has 0 radical (unpaired) electrons. The molecule has 0 amide bonds. The van der Waals surface area contributed by atoms with Gasteiger partial charge in [-0.05, 0) is 49.9 Å². The fourth-order valence-electron chi connectivity index (χ4n) is 2.60. The van der Waals surface area contributed by atoms with Gasteiger partial charge >= 0.3 is 0 Å². The molecule has 0 aromatic heterocycles. The van der Waals surface area contributed by atoms with Crippen LogP contribution in [0.1, 0.15) is 25.3 Å². The maximum absolute atomic E-state index is 12.5. The van der Waals surface area contributed by atoms with E-state index in [-0.39, 0.29) is 21.9 Å². The second-order valence-electron chi connectivity index (χ2n) is 6.24. The van der Waals surface area contributed by atoms with Gasteiger partial charge in [-0.15, -0.1) is 0 Å². The van der Waals surface area contributed by atoms with Crippen molar-refractivity contribution in [2.75, 3.05) is 19.6 Å². The van der Waals surface area contributed by atoms with E-state index in [1.54, 1.807) is 6.92 Å². The smallest absolute Gasteiger partial charge is 0.289 e. The Labute approximate surface area is 140 Å². The molecule has 9 heteroatoms. The van der Waals surface area contributed by atoms with Crippen molar-refractivity contribution in [3.05, 3.63) is 32.8 Å². The first-order chi connectivity index (χ1) is 10.6. The standard InChI is InChI=1S/C14H20ClN3O4S/c1-10-7-11(18(19)20)13(15)12(8-10)23(21,22)17-9-14(2)3-5-16-6-4-14/h7-8,16-17H,3-6,9H2,1-2H3. The van der Waals surface area contributed by atoms with Crippen molar-refractivity contribution in [3.8, 4) is 0 Å². The molecule has 7 nitrogen and oxygen atoms in total. The van der Waals surface area contributed by atoms with Crippen LogP contribution in [0.2, 0.25) is 5.02 Å². The maximum atomic E-state index is 12.5. The summed E-state index contributed by atoms with van der Waals surface area (Å²) in [4.78, 5) is 10.1. The molecular weight excluding hydrogens is 342 g/mol. The quantitative estimate of drug-likeness (QED) is 0.618. The highest BCUT2D eigenvalue weighted by Crippen LogP contribution is 2.33. The summed E-state index contributed by atoms with van der Waals surface area (Å²) in [5.41, 5.74) is -0.0738. The molecule has 0 saturated carbocycles. The van der Waals surface area contributed by atoms with Crippen molar-refractivity contribution in [1.29, 1.82) is 0 Å². The summed E-state index contributed by atoms with van der Waals surface area (Å²) < 4.78 is 27.6. The van der Waals surface area contributed by atoms with Gasteiger partial charge in [0.05, 0.1) is 4.92 Å². The molecule has 128 valence electrons. The fraction of sp³-hybridized carbons (Fsp3) is 0.571. The zero-order valence-corrected chi connectivity index (χ0v) is 14.6. The molecule has 1 aromatic rings. The molecule has 1 heterocycles. The third kappa shape index (κ3) is 4.20. The summed E-state index contributed by atoms with van der Waals surface area (Å²) in [5.74, 6) is 0. The molecule has 1 fully saturated rings. The molecule has 0 unspecified atom stereocenters. The molecule has 1 aliphatic heterocycles. The Hall–Kier alpha value is -1.22. The van der Waals surface area contributed by atoms with Gasteiger partial charge in [0.25, 0.3) is 5.69 Å². The van der Waals surface area contributed by atoms with Crippen molar-refractivity contribution in [3.63, 3.8) is 0 Å². The van der Waals surface area contributed by atoms with E-state index in [2.05, 4.69) is 10.0 Å². The molecule has 0 atom stereocenters. The van der Waals surface area contributed by atoms with Gasteiger partial charge in [-0.25, -0.2) is 13.1 Å². The van der Waals surface area contributed by atoms with E-state index in [1.807, 2.05) is 6.92 Å². The van der Waals surface area contributed by atoms with Crippen molar-refractivity contribution in [1.82, 2.24) is 10.0 Å². The number of benzene rings is 1. The van der Waals surface area contributed by atoms with Crippen LogP contribution < -0.4 is 10.0 Å². The van der Waals surface area contributed by atoms with Crippen LogP contribution in [0.15, 0.2) is 17.0 Å². The first-order valence-electron chi connectivity index (χ1n) is 7.30. The number of halogens is 1. The van der Waals surface area contributed by atoms with Crippen LogP contribution in [0.4, 0.5) is 5.69 Å². The van der Waals surface area contributed by atoms with Crippen LogP contribution in [-0.2, 0) is 10.0 Å². The summed E-state index contributed by atoms with van der Waals surface area (Å²) in [6, 6.07) is 2.61. The van der Waals surface area contributed by atoms with Gasteiger partial charge in [-0.1, -0.05) is 18.5 Å². The van der Waals surface area contributed by atoms with E-state index >= 15 is 0 Å².